The zero-order valence-electron chi connectivity index (χ0n) is 19.2. The number of thioether (sulfide) groups is 1. The van der Waals surface area contributed by atoms with Crippen molar-refractivity contribution >= 4 is 35.5 Å². The fraction of sp³-hybridized carbons (Fsp3) is 0.185. The predicted octanol–water partition coefficient (Wildman–Crippen LogP) is 6.21. The molecule has 0 spiro atoms. The molecule has 0 unspecified atom stereocenters. The number of hydrogen-bond acceptors (Lipinski definition) is 5. The number of carbonyl (C=O) groups is 1. The first-order chi connectivity index (χ1) is 16.5. The Kier molecular flexibility index (Phi) is 9.62. The smallest absolute Gasteiger partial charge is 0.250 e. The summed E-state index contributed by atoms with van der Waals surface area (Å²) in [6.45, 7) is 6.33. The van der Waals surface area contributed by atoms with E-state index in [1.165, 1.54) is 17.3 Å². The molecule has 0 aliphatic rings. The summed E-state index contributed by atoms with van der Waals surface area (Å²) in [4.78, 5) is 13.1. The molecule has 5 nitrogen and oxygen atoms in total. The van der Waals surface area contributed by atoms with Crippen LogP contribution in [0, 0.1) is 6.92 Å². The molecule has 0 aliphatic carbocycles. The van der Waals surface area contributed by atoms with Crippen LogP contribution in [0.3, 0.4) is 0 Å². The molecule has 0 fully saturated rings. The quantitative estimate of drug-likeness (QED) is 0.149. The van der Waals surface area contributed by atoms with Crippen LogP contribution in [0.5, 0.6) is 11.5 Å². The Morgan fingerprint density at radius 1 is 1.15 bits per heavy atom. The molecule has 0 atom stereocenters. The SMILES string of the molecule is C=CCc1cc(/C=N\NC(=O)CSc2ccc(Cl)cc2)cc(OC)c1OCc1ccc(C)cc1. The highest BCUT2D eigenvalue weighted by molar-refractivity contribution is 8.00. The number of halogens is 1. The van der Waals surface area contributed by atoms with E-state index in [1.807, 2.05) is 42.5 Å². The first-order valence-electron chi connectivity index (χ1n) is 10.7. The van der Waals surface area contributed by atoms with Gasteiger partial charge in [-0.15, -0.1) is 18.3 Å². The highest BCUT2D eigenvalue weighted by Crippen LogP contribution is 2.34. The van der Waals surface area contributed by atoms with E-state index in [1.54, 1.807) is 25.5 Å². The number of benzene rings is 3. The highest BCUT2D eigenvalue weighted by atomic mass is 35.5. The van der Waals surface area contributed by atoms with E-state index in [-0.39, 0.29) is 11.7 Å². The number of aryl methyl sites for hydroxylation is 1. The highest BCUT2D eigenvalue weighted by Gasteiger charge is 2.13. The van der Waals surface area contributed by atoms with Gasteiger partial charge in [-0.05, 0) is 60.9 Å². The molecule has 3 aromatic carbocycles. The Morgan fingerprint density at radius 3 is 2.56 bits per heavy atom. The number of methoxy groups -OCH3 is 1. The van der Waals surface area contributed by atoms with Crippen LogP contribution >= 0.6 is 23.4 Å². The maximum atomic E-state index is 12.1. The summed E-state index contributed by atoms with van der Waals surface area (Å²) in [6, 6.07) is 19.3. The van der Waals surface area contributed by atoms with E-state index in [2.05, 4.69) is 36.2 Å². The summed E-state index contributed by atoms with van der Waals surface area (Å²) < 4.78 is 11.7. The maximum absolute atomic E-state index is 12.1. The molecule has 0 aromatic heterocycles. The van der Waals surface area contributed by atoms with E-state index in [0.29, 0.717) is 29.5 Å². The Balaban J connectivity index is 1.65. The van der Waals surface area contributed by atoms with Crippen LogP contribution < -0.4 is 14.9 Å². The van der Waals surface area contributed by atoms with Crippen molar-refractivity contribution in [1.82, 2.24) is 5.43 Å². The lowest BCUT2D eigenvalue weighted by Gasteiger charge is -2.16. The minimum Gasteiger partial charge on any atom is -0.493 e. The molecule has 34 heavy (non-hydrogen) atoms. The fourth-order valence-corrected chi connectivity index (χ4v) is 3.93. The van der Waals surface area contributed by atoms with Crippen LogP contribution in [0.4, 0.5) is 0 Å². The molecule has 0 heterocycles. The second kappa shape index (κ2) is 12.9. The van der Waals surface area contributed by atoms with Crippen LogP contribution in [-0.4, -0.2) is 25.0 Å². The lowest BCUT2D eigenvalue weighted by atomic mass is 10.1. The van der Waals surface area contributed by atoms with E-state index in [9.17, 15) is 4.79 Å². The number of hydrazone groups is 1. The van der Waals surface area contributed by atoms with Crippen molar-refractivity contribution in [1.29, 1.82) is 0 Å². The van der Waals surface area contributed by atoms with Gasteiger partial charge in [0.05, 0.1) is 19.1 Å². The minimum absolute atomic E-state index is 0.201. The van der Waals surface area contributed by atoms with Gasteiger partial charge in [-0.3, -0.25) is 4.79 Å². The van der Waals surface area contributed by atoms with Crippen molar-refractivity contribution in [3.05, 3.63) is 101 Å². The topological polar surface area (TPSA) is 59.9 Å². The Hall–Kier alpha value is -3.22. The molecule has 0 saturated heterocycles. The molecular formula is C27H27ClN2O3S. The Labute approximate surface area is 209 Å². The average molecular weight is 495 g/mol. The monoisotopic (exact) mass is 494 g/mol. The normalized spacial score (nSPS) is 10.8. The Bertz CT molecular complexity index is 1150. The molecule has 0 aliphatic heterocycles. The second-order valence-corrected chi connectivity index (χ2v) is 9.00. The van der Waals surface area contributed by atoms with Crippen molar-refractivity contribution in [2.45, 2.75) is 24.8 Å². The van der Waals surface area contributed by atoms with E-state index >= 15 is 0 Å². The predicted molar refractivity (Wildman–Crippen MR) is 140 cm³/mol. The van der Waals surface area contributed by atoms with Gasteiger partial charge < -0.3 is 9.47 Å². The summed E-state index contributed by atoms with van der Waals surface area (Å²) >= 11 is 7.30. The van der Waals surface area contributed by atoms with Gasteiger partial charge in [-0.1, -0.05) is 47.5 Å². The second-order valence-electron chi connectivity index (χ2n) is 7.51. The zero-order valence-corrected chi connectivity index (χ0v) is 20.8. The van der Waals surface area contributed by atoms with Gasteiger partial charge in [0.2, 0.25) is 5.91 Å². The van der Waals surface area contributed by atoms with Crippen molar-refractivity contribution < 1.29 is 14.3 Å². The average Bonchev–Trinajstić information content (AvgIpc) is 2.84. The number of hydrogen-bond donors (Lipinski definition) is 1. The van der Waals surface area contributed by atoms with Gasteiger partial charge in [-0.2, -0.15) is 5.10 Å². The van der Waals surface area contributed by atoms with Crippen molar-refractivity contribution in [3.63, 3.8) is 0 Å². The number of nitrogens with one attached hydrogen (secondary N) is 1. The summed E-state index contributed by atoms with van der Waals surface area (Å²) in [5.74, 6) is 1.31. The lowest BCUT2D eigenvalue weighted by molar-refractivity contribution is -0.118. The number of ether oxygens (including phenoxy) is 2. The van der Waals surface area contributed by atoms with Gasteiger partial charge >= 0.3 is 0 Å². The number of allylic oxidation sites excluding steroid dienone is 1. The van der Waals surface area contributed by atoms with Gasteiger partial charge in [0.15, 0.2) is 11.5 Å². The third kappa shape index (κ3) is 7.68. The summed E-state index contributed by atoms with van der Waals surface area (Å²) in [5, 5.41) is 4.76. The van der Waals surface area contributed by atoms with Crippen LogP contribution in [-0.2, 0) is 17.8 Å². The first-order valence-corrected chi connectivity index (χ1v) is 12.0. The maximum Gasteiger partial charge on any atom is 0.250 e. The summed E-state index contributed by atoms with van der Waals surface area (Å²) in [6.07, 6.45) is 4.00. The van der Waals surface area contributed by atoms with Gasteiger partial charge in [0, 0.05) is 15.5 Å². The van der Waals surface area contributed by atoms with Crippen molar-refractivity contribution in [2.24, 2.45) is 5.10 Å². The van der Waals surface area contributed by atoms with Crippen molar-refractivity contribution in [2.75, 3.05) is 12.9 Å². The van der Waals surface area contributed by atoms with E-state index in [0.717, 1.165) is 21.6 Å². The minimum atomic E-state index is -0.201. The Morgan fingerprint density at radius 2 is 1.88 bits per heavy atom. The van der Waals surface area contributed by atoms with Crippen LogP contribution in [0.2, 0.25) is 5.02 Å². The van der Waals surface area contributed by atoms with Gasteiger partial charge in [0.1, 0.15) is 6.61 Å². The van der Waals surface area contributed by atoms with Crippen LogP contribution in [0.25, 0.3) is 0 Å². The van der Waals surface area contributed by atoms with E-state index < -0.39 is 0 Å². The molecule has 176 valence electrons. The number of nitrogens with zero attached hydrogens (tertiary/aromatic N) is 1. The molecular weight excluding hydrogens is 468 g/mol. The van der Waals surface area contributed by atoms with Crippen molar-refractivity contribution in [3.8, 4) is 11.5 Å². The summed E-state index contributed by atoms with van der Waals surface area (Å²) in [7, 11) is 1.60. The molecule has 7 heteroatoms. The van der Waals surface area contributed by atoms with Gasteiger partial charge in [0.25, 0.3) is 0 Å². The van der Waals surface area contributed by atoms with Gasteiger partial charge in [-0.25, -0.2) is 5.43 Å². The largest absolute Gasteiger partial charge is 0.493 e. The lowest BCUT2D eigenvalue weighted by Crippen LogP contribution is -2.19. The third-order valence-corrected chi connectivity index (χ3v) is 6.09. The molecule has 0 radical (unpaired) electrons. The number of amides is 1. The molecule has 3 rings (SSSR count). The zero-order chi connectivity index (χ0) is 24.3. The standard InChI is InChI=1S/C27H27ClN2O3S/c1-4-5-22-14-21(16-29-30-26(31)18-34-24-12-10-23(28)11-13-24)15-25(32-3)27(22)33-17-20-8-6-19(2)7-9-20/h4,6-16H,1,5,17-18H2,2-3H3,(H,30,31)/b29-16-. The molecule has 1 N–H and O–H groups in total. The number of rotatable bonds is 11. The molecule has 1 amide bonds. The molecule has 0 bridgehead atoms. The van der Waals surface area contributed by atoms with E-state index in [4.69, 9.17) is 21.1 Å². The van der Waals surface area contributed by atoms with Crippen LogP contribution in [0.15, 0.2) is 83.3 Å². The third-order valence-electron chi connectivity index (χ3n) is 4.83. The molecule has 3 aromatic rings. The fourth-order valence-electron chi connectivity index (χ4n) is 3.11. The van der Waals surface area contributed by atoms with Crippen LogP contribution in [0.1, 0.15) is 22.3 Å². The first kappa shape index (κ1) is 25.4. The molecule has 0 saturated carbocycles. The summed E-state index contributed by atoms with van der Waals surface area (Å²) in [5.41, 5.74) is 6.54. The number of carbonyl (C=O) groups excluding carboxylic acids is 1.